The van der Waals surface area contributed by atoms with Gasteiger partial charge < -0.3 is 10.6 Å². The zero-order valence-electron chi connectivity index (χ0n) is 10.5. The van der Waals surface area contributed by atoms with Crippen molar-refractivity contribution >= 4 is 5.91 Å². The van der Waals surface area contributed by atoms with E-state index in [1.807, 2.05) is 6.92 Å². The molecular formula is C13H24N2O. The molecule has 0 radical (unpaired) electrons. The van der Waals surface area contributed by atoms with E-state index in [0.717, 1.165) is 25.9 Å². The van der Waals surface area contributed by atoms with Gasteiger partial charge in [-0.15, -0.1) is 0 Å². The maximum atomic E-state index is 12.1. The van der Waals surface area contributed by atoms with E-state index in [4.69, 9.17) is 5.73 Å². The van der Waals surface area contributed by atoms with Crippen molar-refractivity contribution in [2.24, 2.45) is 23.5 Å². The maximum absolute atomic E-state index is 12.1. The monoisotopic (exact) mass is 224 g/mol. The number of carbonyl (C=O) groups excluding carboxylic acids is 1. The third-order valence-electron chi connectivity index (χ3n) is 4.50. The molecule has 1 saturated heterocycles. The van der Waals surface area contributed by atoms with E-state index in [2.05, 4.69) is 11.8 Å². The summed E-state index contributed by atoms with van der Waals surface area (Å²) in [6.07, 6.45) is 4.60. The molecule has 4 unspecified atom stereocenters. The summed E-state index contributed by atoms with van der Waals surface area (Å²) < 4.78 is 0. The van der Waals surface area contributed by atoms with Crippen molar-refractivity contribution in [3.8, 4) is 0 Å². The van der Waals surface area contributed by atoms with Gasteiger partial charge in [-0.3, -0.25) is 4.79 Å². The summed E-state index contributed by atoms with van der Waals surface area (Å²) in [7, 11) is 0. The molecule has 3 nitrogen and oxygen atoms in total. The standard InChI is InChI=1S/C13H24N2O/c1-3-9(2)13(16)15-7-10-5-4-6-12(14)11(10)8-15/h9-12H,3-8,14H2,1-2H3. The van der Waals surface area contributed by atoms with Crippen molar-refractivity contribution in [3.05, 3.63) is 0 Å². The molecule has 1 heterocycles. The van der Waals surface area contributed by atoms with Crippen molar-refractivity contribution in [3.63, 3.8) is 0 Å². The van der Waals surface area contributed by atoms with Crippen LogP contribution in [0.5, 0.6) is 0 Å². The van der Waals surface area contributed by atoms with E-state index >= 15 is 0 Å². The number of amides is 1. The first kappa shape index (κ1) is 11.9. The fourth-order valence-corrected chi connectivity index (χ4v) is 3.18. The van der Waals surface area contributed by atoms with Gasteiger partial charge in [0.15, 0.2) is 0 Å². The van der Waals surface area contributed by atoms with Crippen LogP contribution >= 0.6 is 0 Å². The predicted molar refractivity (Wildman–Crippen MR) is 64.8 cm³/mol. The number of carbonyl (C=O) groups is 1. The summed E-state index contributed by atoms with van der Waals surface area (Å²) in [6, 6.07) is 0.327. The molecule has 2 fully saturated rings. The topological polar surface area (TPSA) is 46.3 Å². The zero-order chi connectivity index (χ0) is 11.7. The van der Waals surface area contributed by atoms with Gasteiger partial charge in [0.1, 0.15) is 0 Å². The number of hydrogen-bond acceptors (Lipinski definition) is 2. The number of hydrogen-bond donors (Lipinski definition) is 1. The molecule has 0 aromatic carbocycles. The molecule has 3 heteroatoms. The van der Waals surface area contributed by atoms with Gasteiger partial charge in [-0.05, 0) is 31.1 Å². The third-order valence-corrected chi connectivity index (χ3v) is 4.50. The summed E-state index contributed by atoms with van der Waals surface area (Å²) in [5.74, 6) is 1.76. The van der Waals surface area contributed by atoms with Crippen LogP contribution in [0.3, 0.4) is 0 Å². The lowest BCUT2D eigenvalue weighted by Gasteiger charge is -2.29. The van der Waals surface area contributed by atoms with Crippen molar-refractivity contribution in [2.75, 3.05) is 13.1 Å². The highest BCUT2D eigenvalue weighted by atomic mass is 16.2. The van der Waals surface area contributed by atoms with Gasteiger partial charge in [0.25, 0.3) is 0 Å². The second kappa shape index (κ2) is 4.74. The lowest BCUT2D eigenvalue weighted by atomic mass is 9.78. The van der Waals surface area contributed by atoms with Crippen molar-refractivity contribution in [2.45, 2.75) is 45.6 Å². The fourth-order valence-electron chi connectivity index (χ4n) is 3.18. The van der Waals surface area contributed by atoms with Crippen molar-refractivity contribution in [1.29, 1.82) is 0 Å². The first-order chi connectivity index (χ1) is 7.63. The summed E-state index contributed by atoms with van der Waals surface area (Å²) in [5, 5.41) is 0. The smallest absolute Gasteiger partial charge is 0.225 e. The average molecular weight is 224 g/mol. The van der Waals surface area contributed by atoms with Crippen molar-refractivity contribution < 1.29 is 4.79 Å². The Labute approximate surface area is 98.4 Å². The van der Waals surface area contributed by atoms with Gasteiger partial charge in [-0.2, -0.15) is 0 Å². The van der Waals surface area contributed by atoms with E-state index in [0.29, 0.717) is 23.8 Å². The molecule has 0 aromatic rings. The lowest BCUT2D eigenvalue weighted by Crippen LogP contribution is -2.39. The minimum absolute atomic E-state index is 0.177. The highest BCUT2D eigenvalue weighted by Crippen LogP contribution is 2.36. The summed E-state index contributed by atoms with van der Waals surface area (Å²) in [6.45, 7) is 5.98. The van der Waals surface area contributed by atoms with Crippen molar-refractivity contribution in [1.82, 2.24) is 4.90 Å². The molecule has 1 aliphatic carbocycles. The Bertz CT molecular complexity index is 267. The average Bonchev–Trinajstić information content (AvgIpc) is 2.72. The summed E-state index contributed by atoms with van der Waals surface area (Å²) in [5.41, 5.74) is 6.15. The highest BCUT2D eigenvalue weighted by molar-refractivity contribution is 5.78. The number of fused-ring (bicyclic) bond motifs is 1. The Morgan fingerprint density at radius 1 is 1.44 bits per heavy atom. The van der Waals surface area contributed by atoms with Crippen LogP contribution in [0.2, 0.25) is 0 Å². The Hall–Kier alpha value is -0.570. The molecular weight excluding hydrogens is 200 g/mol. The highest BCUT2D eigenvalue weighted by Gasteiger charge is 2.40. The van der Waals surface area contributed by atoms with E-state index in [9.17, 15) is 4.79 Å². The van der Waals surface area contributed by atoms with Gasteiger partial charge in [-0.1, -0.05) is 20.3 Å². The molecule has 16 heavy (non-hydrogen) atoms. The largest absolute Gasteiger partial charge is 0.342 e. The van der Waals surface area contributed by atoms with Crippen LogP contribution in [0.25, 0.3) is 0 Å². The maximum Gasteiger partial charge on any atom is 0.225 e. The van der Waals surface area contributed by atoms with Gasteiger partial charge in [0, 0.05) is 25.0 Å². The number of likely N-dealkylation sites (tertiary alicyclic amines) is 1. The van der Waals surface area contributed by atoms with Crippen LogP contribution in [0, 0.1) is 17.8 Å². The Kier molecular flexibility index (Phi) is 3.53. The molecule has 2 N–H and O–H groups in total. The second-order valence-electron chi connectivity index (χ2n) is 5.57. The zero-order valence-corrected chi connectivity index (χ0v) is 10.5. The molecule has 92 valence electrons. The number of nitrogens with zero attached hydrogens (tertiary/aromatic N) is 1. The Morgan fingerprint density at radius 3 is 2.81 bits per heavy atom. The molecule has 2 aliphatic rings. The minimum atomic E-state index is 0.177. The number of nitrogens with two attached hydrogens (primary N) is 1. The lowest BCUT2D eigenvalue weighted by molar-refractivity contribution is -0.134. The van der Waals surface area contributed by atoms with Crippen LogP contribution in [-0.4, -0.2) is 29.9 Å². The third kappa shape index (κ3) is 2.10. The van der Waals surface area contributed by atoms with Crippen LogP contribution in [0.1, 0.15) is 39.5 Å². The summed E-state index contributed by atoms with van der Waals surface area (Å²) >= 11 is 0. The number of rotatable bonds is 2. The molecule has 1 aliphatic heterocycles. The molecule has 0 spiro atoms. The normalized spacial score (nSPS) is 35.9. The second-order valence-corrected chi connectivity index (χ2v) is 5.57. The quantitative estimate of drug-likeness (QED) is 0.774. The first-order valence-electron chi connectivity index (χ1n) is 6.67. The molecule has 4 atom stereocenters. The molecule has 2 rings (SSSR count). The van der Waals surface area contributed by atoms with Gasteiger partial charge in [0.05, 0.1) is 0 Å². The van der Waals surface area contributed by atoms with E-state index in [-0.39, 0.29) is 5.92 Å². The molecule has 1 saturated carbocycles. The van der Waals surface area contributed by atoms with E-state index < -0.39 is 0 Å². The van der Waals surface area contributed by atoms with E-state index in [1.54, 1.807) is 0 Å². The van der Waals surface area contributed by atoms with Crippen LogP contribution in [-0.2, 0) is 4.79 Å². The molecule has 0 aromatic heterocycles. The van der Waals surface area contributed by atoms with Gasteiger partial charge in [-0.25, -0.2) is 0 Å². The summed E-state index contributed by atoms with van der Waals surface area (Å²) in [4.78, 5) is 14.2. The Balaban J connectivity index is 1.98. The Morgan fingerprint density at radius 2 is 2.19 bits per heavy atom. The molecule has 0 bridgehead atoms. The van der Waals surface area contributed by atoms with Crippen LogP contribution in [0.15, 0.2) is 0 Å². The minimum Gasteiger partial charge on any atom is -0.342 e. The van der Waals surface area contributed by atoms with Crippen LogP contribution in [0.4, 0.5) is 0 Å². The van der Waals surface area contributed by atoms with Gasteiger partial charge >= 0.3 is 0 Å². The van der Waals surface area contributed by atoms with Gasteiger partial charge in [0.2, 0.25) is 5.91 Å². The van der Waals surface area contributed by atoms with Crippen LogP contribution < -0.4 is 5.73 Å². The molecule has 1 amide bonds. The fraction of sp³-hybridized carbons (Fsp3) is 0.923. The SMILES string of the molecule is CCC(C)C(=O)N1CC2CCCC(N)C2C1. The van der Waals surface area contributed by atoms with E-state index in [1.165, 1.54) is 12.8 Å². The predicted octanol–water partition coefficient (Wildman–Crippen LogP) is 1.62. The first-order valence-corrected chi connectivity index (χ1v) is 6.67.